The Bertz CT molecular complexity index is 1370. The molecule has 27 nitrogen and oxygen atoms in total. The third-order valence-electron chi connectivity index (χ3n) is 11.6. The fourth-order valence-electron chi connectivity index (χ4n) is 7.84. The first kappa shape index (κ1) is 49.4. The van der Waals surface area contributed by atoms with E-state index in [2.05, 4.69) is 0 Å². The highest BCUT2D eigenvalue weighted by molar-refractivity contribution is 4.99. The molecule has 6 aliphatic heterocycles. The minimum Gasteiger partial charge on any atom is -0.394 e. The monoisotopic (exact) mass is 898 g/mol. The second-order valence-electron chi connectivity index (χ2n) is 15.8. The average Bonchev–Trinajstić information content (AvgIpc) is 3.23. The zero-order valence-corrected chi connectivity index (χ0v) is 32.6. The van der Waals surface area contributed by atoms with Crippen LogP contribution in [-0.2, 0) is 52.1 Å². The number of ether oxygens (including phenoxy) is 11. The highest BCUT2D eigenvalue weighted by Gasteiger charge is 2.57. The van der Waals surface area contributed by atoms with Crippen LogP contribution in [0.4, 0.5) is 0 Å². The smallest absolute Gasteiger partial charge is 0.187 e. The van der Waals surface area contributed by atoms with Crippen molar-refractivity contribution in [2.45, 2.75) is 186 Å². The Morgan fingerprint density at radius 3 is 1.34 bits per heavy atom. The van der Waals surface area contributed by atoms with Crippen LogP contribution in [0, 0.1) is 0 Å². The van der Waals surface area contributed by atoms with Gasteiger partial charge in [-0.2, -0.15) is 0 Å². The summed E-state index contributed by atoms with van der Waals surface area (Å²) >= 11 is 0. The second kappa shape index (κ2) is 20.6. The third-order valence-corrected chi connectivity index (χ3v) is 11.6. The molecular weight excluding hydrogens is 840 g/mol. The van der Waals surface area contributed by atoms with E-state index >= 15 is 0 Å². The van der Waals surface area contributed by atoms with Crippen molar-refractivity contribution in [2.24, 2.45) is 0 Å². The van der Waals surface area contributed by atoms with Crippen LogP contribution in [0.2, 0.25) is 0 Å². The first-order chi connectivity index (χ1) is 28.8. The lowest BCUT2D eigenvalue weighted by Gasteiger charge is -2.50. The number of aliphatic hydroxyl groups is 16. The third kappa shape index (κ3) is 10.2. The number of rotatable bonds is 12. The van der Waals surface area contributed by atoms with Crippen LogP contribution < -0.4 is 0 Å². The van der Waals surface area contributed by atoms with E-state index in [0.29, 0.717) is 0 Å². The Labute approximate surface area is 346 Å². The first-order valence-electron chi connectivity index (χ1n) is 19.7. The number of hydrogen-bond donors (Lipinski definition) is 16. The second-order valence-corrected chi connectivity index (χ2v) is 15.8. The summed E-state index contributed by atoms with van der Waals surface area (Å²) in [7, 11) is 0. The summed E-state index contributed by atoms with van der Waals surface area (Å²) in [4.78, 5) is 0. The SMILES string of the molecule is C[C@@H]1O[C@@H](O[C@@H]2[C@@H](O[C@@H]3O[C@H](CO)[C@@H](O[C@@H]4O[C@H](CO)[C@@H](O[C@@H]5OC[C@@H](O)[C@H](O)[C@H]5O)[C@H](O)[C@H]4O)[C@H](O)[C@H]3O)[C@@H](O)[C@H](O[C@@H]3[C@@H](O)[C@@H](O)CO[C@H]3O)O[C@H]2C)[C@H](O)[C@H](O)[C@H]1O. The number of hydrogen-bond acceptors (Lipinski definition) is 27. The van der Waals surface area contributed by atoms with E-state index in [1.54, 1.807) is 0 Å². The molecule has 6 fully saturated rings. The molecule has 0 saturated carbocycles. The van der Waals surface area contributed by atoms with Crippen molar-refractivity contribution < 1.29 is 134 Å². The van der Waals surface area contributed by atoms with E-state index < -0.39 is 198 Å². The van der Waals surface area contributed by atoms with Crippen molar-refractivity contribution in [1.82, 2.24) is 0 Å². The molecule has 27 heteroatoms. The van der Waals surface area contributed by atoms with Gasteiger partial charge in [0, 0.05) is 0 Å². The van der Waals surface area contributed by atoms with Gasteiger partial charge in [0.05, 0.1) is 38.6 Å². The molecule has 0 amide bonds. The van der Waals surface area contributed by atoms with Gasteiger partial charge < -0.3 is 134 Å². The molecule has 6 heterocycles. The van der Waals surface area contributed by atoms with E-state index in [1.807, 2.05) is 0 Å². The zero-order valence-electron chi connectivity index (χ0n) is 32.6. The predicted octanol–water partition coefficient (Wildman–Crippen LogP) is -10.8. The predicted molar refractivity (Wildman–Crippen MR) is 184 cm³/mol. The summed E-state index contributed by atoms with van der Waals surface area (Å²) in [6.07, 6.45) is -48.8. The van der Waals surface area contributed by atoms with E-state index in [-0.39, 0.29) is 0 Å². The molecule has 61 heavy (non-hydrogen) atoms. The fourth-order valence-corrected chi connectivity index (χ4v) is 7.84. The molecule has 0 aromatic rings. The van der Waals surface area contributed by atoms with Crippen LogP contribution in [0.5, 0.6) is 0 Å². The van der Waals surface area contributed by atoms with Crippen molar-refractivity contribution >= 4 is 0 Å². The van der Waals surface area contributed by atoms with Crippen LogP contribution in [0.3, 0.4) is 0 Å². The van der Waals surface area contributed by atoms with Gasteiger partial charge in [-0.1, -0.05) is 0 Å². The summed E-state index contributed by atoms with van der Waals surface area (Å²) in [6.45, 7) is -0.102. The van der Waals surface area contributed by atoms with Gasteiger partial charge in [-0.05, 0) is 13.8 Å². The van der Waals surface area contributed by atoms with Gasteiger partial charge in [0.2, 0.25) is 0 Å². The molecule has 0 spiro atoms. The molecule has 0 bridgehead atoms. The molecule has 0 aliphatic carbocycles. The van der Waals surface area contributed by atoms with Gasteiger partial charge in [-0.25, -0.2) is 0 Å². The lowest BCUT2D eigenvalue weighted by atomic mass is 9.95. The van der Waals surface area contributed by atoms with E-state index in [9.17, 15) is 81.7 Å². The van der Waals surface area contributed by atoms with Gasteiger partial charge in [0.25, 0.3) is 0 Å². The Morgan fingerprint density at radius 2 is 0.770 bits per heavy atom. The molecular formula is C34H58O27. The fraction of sp³-hybridized carbons (Fsp3) is 1.00. The summed E-state index contributed by atoms with van der Waals surface area (Å²) < 4.78 is 61.7. The molecule has 6 saturated heterocycles. The maximum atomic E-state index is 11.6. The topological polar surface area (TPSA) is 425 Å². The van der Waals surface area contributed by atoms with Gasteiger partial charge in [0.15, 0.2) is 37.7 Å². The van der Waals surface area contributed by atoms with Crippen molar-refractivity contribution in [3.63, 3.8) is 0 Å². The average molecular weight is 899 g/mol. The quantitative estimate of drug-likeness (QED) is 0.0865. The van der Waals surface area contributed by atoms with Crippen LogP contribution in [0.25, 0.3) is 0 Å². The van der Waals surface area contributed by atoms with Crippen LogP contribution in [-0.4, -0.2) is 280 Å². The lowest BCUT2D eigenvalue weighted by molar-refractivity contribution is -0.402. The van der Waals surface area contributed by atoms with E-state index in [1.165, 1.54) is 13.8 Å². The normalized spacial score (nSPS) is 55.0. The van der Waals surface area contributed by atoms with Crippen LogP contribution >= 0.6 is 0 Å². The summed E-state index contributed by atoms with van der Waals surface area (Å²) in [5.41, 5.74) is 0. The standard InChI is InChI=1S/C34H58O27/c1-7-13(39)16(42)20(46)31(53-7)57-24-8(2)54-34(61-28-15(41)10(38)5-51-29(28)50)23(49)27(24)60-33-22(48)18(44)26(12(4-36)56-33)59-32-21(47)17(43)25(11(3-35)55-32)58-30-19(45)14(40)9(37)6-52-30/h7-50H,3-6H2,1-2H3/t7-,8-,9+,10-,11+,12+,13-,14-,15-,16+,17+,18+,19+,20+,21+,22+,23+,24-,25+,26+,27-,28+,29+,30-,31-,32-,33-,34-/m0/s1. The van der Waals surface area contributed by atoms with Crippen molar-refractivity contribution in [1.29, 1.82) is 0 Å². The first-order valence-corrected chi connectivity index (χ1v) is 19.7. The van der Waals surface area contributed by atoms with Crippen molar-refractivity contribution in [2.75, 3.05) is 26.4 Å². The van der Waals surface area contributed by atoms with E-state index in [4.69, 9.17) is 52.1 Å². The van der Waals surface area contributed by atoms with E-state index in [0.717, 1.165) is 0 Å². The highest BCUT2D eigenvalue weighted by Crippen LogP contribution is 2.37. The minimum absolute atomic E-state index is 0.463. The van der Waals surface area contributed by atoms with Gasteiger partial charge in [-0.15, -0.1) is 0 Å². The Hall–Kier alpha value is -1.08. The summed E-state index contributed by atoms with van der Waals surface area (Å²) in [5, 5.41) is 169. The van der Waals surface area contributed by atoms with Crippen molar-refractivity contribution in [3.8, 4) is 0 Å². The largest absolute Gasteiger partial charge is 0.394 e. The molecule has 16 N–H and O–H groups in total. The minimum atomic E-state index is -2.15. The van der Waals surface area contributed by atoms with Gasteiger partial charge in [0.1, 0.15) is 122 Å². The molecule has 0 aromatic heterocycles. The molecule has 356 valence electrons. The molecule has 6 rings (SSSR count). The lowest BCUT2D eigenvalue weighted by Crippen LogP contribution is -2.68. The Kier molecular flexibility index (Phi) is 16.7. The number of aliphatic hydroxyl groups excluding tert-OH is 16. The Balaban J connectivity index is 1.18. The molecule has 0 radical (unpaired) electrons. The highest BCUT2D eigenvalue weighted by atomic mass is 16.8. The maximum absolute atomic E-state index is 11.6. The van der Waals surface area contributed by atoms with Gasteiger partial charge in [-0.3, -0.25) is 0 Å². The van der Waals surface area contributed by atoms with Crippen LogP contribution in [0.15, 0.2) is 0 Å². The zero-order chi connectivity index (χ0) is 44.8. The molecule has 0 unspecified atom stereocenters. The Morgan fingerprint density at radius 1 is 0.361 bits per heavy atom. The maximum Gasteiger partial charge on any atom is 0.187 e. The summed E-state index contributed by atoms with van der Waals surface area (Å²) in [6, 6.07) is 0. The van der Waals surface area contributed by atoms with Gasteiger partial charge >= 0.3 is 0 Å². The molecule has 0 aromatic carbocycles. The summed E-state index contributed by atoms with van der Waals surface area (Å²) in [5.74, 6) is 0. The molecule has 28 atom stereocenters. The van der Waals surface area contributed by atoms with Crippen LogP contribution in [0.1, 0.15) is 13.8 Å². The van der Waals surface area contributed by atoms with Crippen molar-refractivity contribution in [3.05, 3.63) is 0 Å². The molecule has 6 aliphatic rings.